The maximum atomic E-state index is 12.7. The first-order valence-corrected chi connectivity index (χ1v) is 8.66. The van der Waals surface area contributed by atoms with Crippen molar-refractivity contribution in [2.75, 3.05) is 13.1 Å². The summed E-state index contributed by atoms with van der Waals surface area (Å²) in [5.41, 5.74) is 5.98. The van der Waals surface area contributed by atoms with Crippen molar-refractivity contribution < 1.29 is 4.79 Å². The number of hydrogen-bond acceptors (Lipinski definition) is 2. The zero-order valence-electron chi connectivity index (χ0n) is 13.7. The van der Waals surface area contributed by atoms with E-state index < -0.39 is 0 Å². The van der Waals surface area contributed by atoms with Gasteiger partial charge in [0.25, 0.3) is 0 Å². The minimum absolute atomic E-state index is 0. The number of carbonyl (C=O) groups excluding carboxylic acids is 1. The Morgan fingerprint density at radius 1 is 1.19 bits per heavy atom. The second kappa shape index (κ2) is 8.99. The van der Waals surface area contributed by atoms with Crippen LogP contribution in [0.3, 0.4) is 0 Å². The Kier molecular flexibility index (Phi) is 8.04. The third-order valence-corrected chi connectivity index (χ3v) is 5.53. The fraction of sp³-hybridized carbons (Fsp3) is 0.941. The van der Waals surface area contributed by atoms with E-state index >= 15 is 0 Å². The maximum Gasteiger partial charge on any atom is 0.225 e. The van der Waals surface area contributed by atoms with Gasteiger partial charge in [-0.1, -0.05) is 32.6 Å². The number of carbonyl (C=O) groups is 1. The summed E-state index contributed by atoms with van der Waals surface area (Å²) in [7, 11) is 0. The summed E-state index contributed by atoms with van der Waals surface area (Å²) in [5.74, 6) is 2.10. The van der Waals surface area contributed by atoms with Gasteiger partial charge in [0.05, 0.1) is 0 Å². The summed E-state index contributed by atoms with van der Waals surface area (Å²) < 4.78 is 0. The second-order valence-corrected chi connectivity index (χ2v) is 7.01. The van der Waals surface area contributed by atoms with Crippen molar-refractivity contribution >= 4 is 18.3 Å². The molecule has 2 aliphatic rings. The quantitative estimate of drug-likeness (QED) is 0.842. The zero-order chi connectivity index (χ0) is 14.5. The minimum atomic E-state index is 0. The molecule has 1 heterocycles. The van der Waals surface area contributed by atoms with Gasteiger partial charge in [0.2, 0.25) is 5.91 Å². The molecular weight excluding hydrogens is 284 g/mol. The van der Waals surface area contributed by atoms with Gasteiger partial charge in [-0.15, -0.1) is 12.4 Å². The number of piperidine rings is 1. The molecule has 3 nitrogen and oxygen atoms in total. The SMILES string of the molecule is CCC(CC1CCCC1)C(=O)N1CCC(C(C)N)CC1.Cl. The molecule has 2 unspecified atom stereocenters. The smallest absolute Gasteiger partial charge is 0.225 e. The summed E-state index contributed by atoms with van der Waals surface area (Å²) in [5, 5.41) is 0. The van der Waals surface area contributed by atoms with Crippen LogP contribution < -0.4 is 5.73 Å². The molecule has 0 spiro atoms. The molecule has 1 amide bonds. The van der Waals surface area contributed by atoms with Gasteiger partial charge in [-0.05, 0) is 44.4 Å². The number of halogens is 1. The lowest BCUT2D eigenvalue weighted by Crippen LogP contribution is -2.45. The molecule has 0 radical (unpaired) electrons. The molecule has 2 fully saturated rings. The van der Waals surface area contributed by atoms with Gasteiger partial charge >= 0.3 is 0 Å². The first-order valence-electron chi connectivity index (χ1n) is 8.66. The molecule has 1 aliphatic carbocycles. The molecule has 124 valence electrons. The molecule has 2 rings (SSSR count). The highest BCUT2D eigenvalue weighted by atomic mass is 35.5. The van der Waals surface area contributed by atoms with Crippen LogP contribution in [-0.2, 0) is 4.79 Å². The highest BCUT2D eigenvalue weighted by Gasteiger charge is 2.30. The van der Waals surface area contributed by atoms with E-state index in [2.05, 4.69) is 18.7 Å². The Morgan fingerprint density at radius 2 is 1.76 bits per heavy atom. The van der Waals surface area contributed by atoms with E-state index in [0.29, 0.717) is 11.8 Å². The van der Waals surface area contributed by atoms with Crippen molar-refractivity contribution in [2.45, 2.75) is 71.3 Å². The molecular formula is C17H33ClN2O. The minimum Gasteiger partial charge on any atom is -0.342 e. The van der Waals surface area contributed by atoms with Crippen molar-refractivity contribution in [1.82, 2.24) is 4.90 Å². The van der Waals surface area contributed by atoms with Gasteiger partial charge in [-0.25, -0.2) is 0 Å². The summed E-state index contributed by atoms with van der Waals surface area (Å²) in [6.07, 6.45) is 9.73. The molecule has 0 aromatic carbocycles. The molecule has 0 bridgehead atoms. The molecule has 4 heteroatoms. The van der Waals surface area contributed by atoms with E-state index in [4.69, 9.17) is 5.73 Å². The average molecular weight is 317 g/mol. The molecule has 21 heavy (non-hydrogen) atoms. The lowest BCUT2D eigenvalue weighted by atomic mass is 9.87. The maximum absolute atomic E-state index is 12.7. The van der Waals surface area contributed by atoms with Crippen LogP contribution in [0.2, 0.25) is 0 Å². The van der Waals surface area contributed by atoms with Gasteiger partial charge in [0.1, 0.15) is 0 Å². The molecule has 2 N–H and O–H groups in total. The van der Waals surface area contributed by atoms with Crippen LogP contribution in [0.4, 0.5) is 0 Å². The van der Waals surface area contributed by atoms with Gasteiger partial charge in [-0.3, -0.25) is 4.79 Å². The second-order valence-electron chi connectivity index (χ2n) is 7.01. The first-order chi connectivity index (χ1) is 9.61. The van der Waals surface area contributed by atoms with E-state index in [1.54, 1.807) is 0 Å². The topological polar surface area (TPSA) is 46.3 Å². The Balaban J connectivity index is 0.00000220. The van der Waals surface area contributed by atoms with Crippen molar-refractivity contribution in [3.8, 4) is 0 Å². The predicted octanol–water partition coefficient (Wildman–Crippen LogP) is 3.60. The standard InChI is InChI=1S/C17H32N2O.ClH/c1-3-15(12-14-6-4-5-7-14)17(20)19-10-8-16(9-11-19)13(2)18;/h13-16H,3-12,18H2,1-2H3;1H. The van der Waals surface area contributed by atoms with Gasteiger partial charge in [0, 0.05) is 25.0 Å². The van der Waals surface area contributed by atoms with Crippen LogP contribution in [0.5, 0.6) is 0 Å². The molecule has 1 aliphatic heterocycles. The number of likely N-dealkylation sites (tertiary alicyclic amines) is 1. The fourth-order valence-electron chi connectivity index (χ4n) is 3.99. The summed E-state index contributed by atoms with van der Waals surface area (Å²) in [4.78, 5) is 14.8. The van der Waals surface area contributed by atoms with Crippen molar-refractivity contribution in [1.29, 1.82) is 0 Å². The number of nitrogens with two attached hydrogens (primary N) is 1. The Morgan fingerprint density at radius 3 is 2.24 bits per heavy atom. The normalized spacial score (nSPS) is 23.7. The lowest BCUT2D eigenvalue weighted by molar-refractivity contribution is -0.137. The van der Waals surface area contributed by atoms with Crippen LogP contribution in [-0.4, -0.2) is 29.9 Å². The monoisotopic (exact) mass is 316 g/mol. The zero-order valence-corrected chi connectivity index (χ0v) is 14.5. The molecule has 2 atom stereocenters. The lowest BCUT2D eigenvalue weighted by Gasteiger charge is -2.36. The molecule has 1 saturated heterocycles. The third kappa shape index (κ3) is 5.14. The fourth-order valence-corrected chi connectivity index (χ4v) is 3.99. The van der Waals surface area contributed by atoms with Gasteiger partial charge in [-0.2, -0.15) is 0 Å². The predicted molar refractivity (Wildman–Crippen MR) is 90.6 cm³/mol. The summed E-state index contributed by atoms with van der Waals surface area (Å²) >= 11 is 0. The van der Waals surface area contributed by atoms with Crippen molar-refractivity contribution in [3.05, 3.63) is 0 Å². The molecule has 1 saturated carbocycles. The molecule has 0 aromatic heterocycles. The number of amides is 1. The van der Waals surface area contributed by atoms with E-state index in [-0.39, 0.29) is 24.4 Å². The Bertz CT molecular complexity index is 308. The molecule has 0 aromatic rings. The van der Waals surface area contributed by atoms with E-state index in [9.17, 15) is 4.79 Å². The highest BCUT2D eigenvalue weighted by molar-refractivity contribution is 5.85. The number of rotatable bonds is 5. The van der Waals surface area contributed by atoms with Crippen LogP contribution in [0.1, 0.15) is 65.2 Å². The van der Waals surface area contributed by atoms with E-state index in [1.165, 1.54) is 25.7 Å². The van der Waals surface area contributed by atoms with Crippen molar-refractivity contribution in [3.63, 3.8) is 0 Å². The van der Waals surface area contributed by atoms with E-state index in [1.807, 2.05) is 0 Å². The third-order valence-electron chi connectivity index (χ3n) is 5.53. The largest absolute Gasteiger partial charge is 0.342 e. The average Bonchev–Trinajstić information content (AvgIpc) is 2.97. The summed E-state index contributed by atoms with van der Waals surface area (Å²) in [6, 6.07) is 0.271. The van der Waals surface area contributed by atoms with Crippen molar-refractivity contribution in [2.24, 2.45) is 23.5 Å². The van der Waals surface area contributed by atoms with Crippen LogP contribution in [0.25, 0.3) is 0 Å². The van der Waals surface area contributed by atoms with Crippen LogP contribution in [0, 0.1) is 17.8 Å². The summed E-state index contributed by atoms with van der Waals surface area (Å²) in [6.45, 7) is 6.11. The first kappa shape index (κ1) is 18.8. The Labute approximate surface area is 136 Å². The van der Waals surface area contributed by atoms with E-state index in [0.717, 1.165) is 44.7 Å². The van der Waals surface area contributed by atoms with Gasteiger partial charge in [0.15, 0.2) is 0 Å². The number of nitrogens with zero attached hydrogens (tertiary/aromatic N) is 1. The Hall–Kier alpha value is -0.280. The van der Waals surface area contributed by atoms with Crippen LogP contribution >= 0.6 is 12.4 Å². The van der Waals surface area contributed by atoms with Gasteiger partial charge < -0.3 is 10.6 Å². The number of hydrogen-bond donors (Lipinski definition) is 1. The highest BCUT2D eigenvalue weighted by Crippen LogP contribution is 2.32. The van der Waals surface area contributed by atoms with Crippen LogP contribution in [0.15, 0.2) is 0 Å².